The molecule has 0 spiro atoms. The van der Waals surface area contributed by atoms with Crippen LogP contribution in [0.15, 0.2) is 0 Å². The second-order valence-corrected chi connectivity index (χ2v) is 3.35. The summed E-state index contributed by atoms with van der Waals surface area (Å²) in [7, 11) is 1.69. The number of nitrogens with zero attached hydrogens (tertiary/aromatic N) is 5. The van der Waals surface area contributed by atoms with Gasteiger partial charge in [0.1, 0.15) is 0 Å². The summed E-state index contributed by atoms with van der Waals surface area (Å²) in [5, 5.41) is 20.4. The van der Waals surface area contributed by atoms with Crippen molar-refractivity contribution < 1.29 is 9.90 Å². The van der Waals surface area contributed by atoms with E-state index in [9.17, 15) is 4.79 Å². The molecule has 7 nitrogen and oxygen atoms in total. The van der Waals surface area contributed by atoms with Gasteiger partial charge < -0.3 is 10.0 Å². The number of rotatable bonds is 1. The zero-order valence-corrected chi connectivity index (χ0v) is 7.79. The Morgan fingerprint density at radius 1 is 1.64 bits per heavy atom. The lowest BCUT2D eigenvalue weighted by Gasteiger charge is -2.09. The van der Waals surface area contributed by atoms with E-state index in [1.165, 1.54) is 9.70 Å². The minimum atomic E-state index is -0.878. The average Bonchev–Trinajstić information content (AvgIpc) is 2.70. The van der Waals surface area contributed by atoms with Gasteiger partial charge in [-0.2, -0.15) is 4.80 Å². The summed E-state index contributed by atoms with van der Waals surface area (Å²) in [6.07, 6.45) is -0.103. The van der Waals surface area contributed by atoms with Gasteiger partial charge in [0.2, 0.25) is 0 Å². The predicted molar refractivity (Wildman–Crippen MR) is 45.8 cm³/mol. The number of hydrogen-bond acceptors (Lipinski definition) is 4. The number of aromatic nitrogens is 4. The van der Waals surface area contributed by atoms with Crippen molar-refractivity contribution >= 4 is 6.09 Å². The van der Waals surface area contributed by atoms with Crippen molar-refractivity contribution in [2.45, 2.75) is 12.3 Å². The topological polar surface area (TPSA) is 84.1 Å². The standard InChI is InChI=1S/C7H11N5O2/c1-11-9-6(8-10-11)5-2-3-12(4-5)7(13)14/h5H,2-4H2,1H3,(H,13,14)/t5-/m1/s1. The first-order valence-corrected chi connectivity index (χ1v) is 4.38. The van der Waals surface area contributed by atoms with Crippen LogP contribution in [0.3, 0.4) is 0 Å². The highest BCUT2D eigenvalue weighted by Crippen LogP contribution is 2.23. The Hall–Kier alpha value is -1.66. The summed E-state index contributed by atoms with van der Waals surface area (Å²) in [6, 6.07) is 0. The Kier molecular flexibility index (Phi) is 2.06. The summed E-state index contributed by atoms with van der Waals surface area (Å²) in [6.45, 7) is 1.03. The monoisotopic (exact) mass is 197 g/mol. The van der Waals surface area contributed by atoms with Crippen molar-refractivity contribution in [3.05, 3.63) is 5.82 Å². The molecule has 0 saturated carbocycles. The Morgan fingerprint density at radius 2 is 2.43 bits per heavy atom. The van der Waals surface area contributed by atoms with E-state index in [2.05, 4.69) is 15.4 Å². The molecule has 1 aliphatic heterocycles. The molecule has 2 heterocycles. The number of amides is 1. The highest BCUT2D eigenvalue weighted by atomic mass is 16.4. The summed E-state index contributed by atoms with van der Waals surface area (Å²) in [5.74, 6) is 0.732. The van der Waals surface area contributed by atoms with Gasteiger partial charge in [-0.1, -0.05) is 0 Å². The average molecular weight is 197 g/mol. The third-order valence-corrected chi connectivity index (χ3v) is 2.35. The van der Waals surface area contributed by atoms with E-state index in [4.69, 9.17) is 5.11 Å². The van der Waals surface area contributed by atoms with Crippen LogP contribution < -0.4 is 0 Å². The third-order valence-electron chi connectivity index (χ3n) is 2.35. The van der Waals surface area contributed by atoms with Crippen molar-refractivity contribution in [2.24, 2.45) is 7.05 Å². The molecule has 1 aromatic rings. The van der Waals surface area contributed by atoms with Crippen LogP contribution >= 0.6 is 0 Å². The molecule has 0 unspecified atom stereocenters. The van der Waals surface area contributed by atoms with E-state index in [0.717, 1.165) is 6.42 Å². The predicted octanol–water partition coefficient (Wildman–Crippen LogP) is -0.323. The minimum absolute atomic E-state index is 0.0970. The molecule has 1 aliphatic rings. The van der Waals surface area contributed by atoms with Gasteiger partial charge in [0.15, 0.2) is 5.82 Å². The summed E-state index contributed by atoms with van der Waals surface area (Å²) in [4.78, 5) is 13.4. The number of likely N-dealkylation sites (tertiary alicyclic amines) is 1. The number of carbonyl (C=O) groups is 1. The molecule has 1 N–H and O–H groups in total. The lowest BCUT2D eigenvalue weighted by atomic mass is 10.1. The van der Waals surface area contributed by atoms with Crippen LogP contribution in [-0.2, 0) is 7.05 Å². The van der Waals surface area contributed by atoms with E-state index in [0.29, 0.717) is 18.9 Å². The largest absolute Gasteiger partial charge is 0.465 e. The van der Waals surface area contributed by atoms with E-state index in [-0.39, 0.29) is 5.92 Å². The number of hydrogen-bond donors (Lipinski definition) is 1. The van der Waals surface area contributed by atoms with Crippen LogP contribution in [0.2, 0.25) is 0 Å². The van der Waals surface area contributed by atoms with Crippen molar-refractivity contribution in [1.82, 2.24) is 25.1 Å². The maximum Gasteiger partial charge on any atom is 0.407 e. The lowest BCUT2D eigenvalue weighted by Crippen LogP contribution is -2.26. The fraction of sp³-hybridized carbons (Fsp3) is 0.714. The highest BCUT2D eigenvalue weighted by molar-refractivity contribution is 5.65. The Labute approximate surface area is 80.3 Å². The van der Waals surface area contributed by atoms with Crippen LogP contribution in [0.4, 0.5) is 4.79 Å². The summed E-state index contributed by atoms with van der Waals surface area (Å²) >= 11 is 0. The van der Waals surface area contributed by atoms with Gasteiger partial charge in [-0.15, -0.1) is 10.2 Å². The maximum absolute atomic E-state index is 10.6. The van der Waals surface area contributed by atoms with Crippen LogP contribution in [0.1, 0.15) is 18.2 Å². The van der Waals surface area contributed by atoms with Gasteiger partial charge >= 0.3 is 6.09 Å². The normalized spacial score (nSPS) is 21.5. The minimum Gasteiger partial charge on any atom is -0.465 e. The molecule has 2 rings (SSSR count). The van der Waals surface area contributed by atoms with Crippen LogP contribution in [-0.4, -0.2) is 49.4 Å². The molecular formula is C7H11N5O2. The molecular weight excluding hydrogens is 186 g/mol. The fourth-order valence-corrected chi connectivity index (χ4v) is 1.61. The van der Waals surface area contributed by atoms with E-state index in [1.54, 1.807) is 7.05 Å². The van der Waals surface area contributed by atoms with Crippen molar-refractivity contribution in [2.75, 3.05) is 13.1 Å². The SMILES string of the molecule is Cn1nnc([C@@H]2CCN(C(=O)O)C2)n1. The molecule has 1 fully saturated rings. The third kappa shape index (κ3) is 1.52. The first-order valence-electron chi connectivity index (χ1n) is 4.38. The molecule has 0 radical (unpaired) electrons. The first-order chi connectivity index (χ1) is 6.66. The zero-order chi connectivity index (χ0) is 10.1. The molecule has 1 amide bonds. The Morgan fingerprint density at radius 3 is 2.93 bits per heavy atom. The van der Waals surface area contributed by atoms with Gasteiger partial charge in [-0.05, 0) is 11.6 Å². The quantitative estimate of drug-likeness (QED) is 0.666. The molecule has 14 heavy (non-hydrogen) atoms. The van der Waals surface area contributed by atoms with Crippen molar-refractivity contribution in [1.29, 1.82) is 0 Å². The zero-order valence-electron chi connectivity index (χ0n) is 7.79. The lowest BCUT2D eigenvalue weighted by molar-refractivity contribution is 0.155. The maximum atomic E-state index is 10.6. The van der Waals surface area contributed by atoms with Gasteiger partial charge in [0.25, 0.3) is 0 Å². The first kappa shape index (κ1) is 8.92. The summed E-state index contributed by atoms with van der Waals surface area (Å²) in [5.41, 5.74) is 0. The van der Waals surface area contributed by atoms with Gasteiger partial charge in [-0.25, -0.2) is 4.79 Å². The molecule has 1 saturated heterocycles. The summed E-state index contributed by atoms with van der Waals surface area (Å²) < 4.78 is 0. The van der Waals surface area contributed by atoms with E-state index in [1.807, 2.05) is 0 Å². The molecule has 1 aromatic heterocycles. The second-order valence-electron chi connectivity index (χ2n) is 3.35. The van der Waals surface area contributed by atoms with Crippen LogP contribution in [0, 0.1) is 0 Å². The van der Waals surface area contributed by atoms with E-state index < -0.39 is 6.09 Å². The number of aryl methyl sites for hydroxylation is 1. The van der Waals surface area contributed by atoms with Gasteiger partial charge in [-0.3, -0.25) is 0 Å². The van der Waals surface area contributed by atoms with Crippen molar-refractivity contribution in [3.8, 4) is 0 Å². The number of carboxylic acid groups (broad SMARTS) is 1. The molecule has 0 bridgehead atoms. The Balaban J connectivity index is 2.05. The smallest absolute Gasteiger partial charge is 0.407 e. The second kappa shape index (κ2) is 3.24. The van der Waals surface area contributed by atoms with Gasteiger partial charge in [0.05, 0.1) is 7.05 Å². The Bertz CT molecular complexity index is 350. The number of tetrazole rings is 1. The highest BCUT2D eigenvalue weighted by Gasteiger charge is 2.29. The molecule has 7 heteroatoms. The van der Waals surface area contributed by atoms with Crippen molar-refractivity contribution in [3.63, 3.8) is 0 Å². The molecule has 0 aliphatic carbocycles. The molecule has 1 atom stereocenters. The van der Waals surface area contributed by atoms with E-state index >= 15 is 0 Å². The van der Waals surface area contributed by atoms with Gasteiger partial charge in [0, 0.05) is 19.0 Å². The molecule has 76 valence electrons. The van der Waals surface area contributed by atoms with Crippen LogP contribution in [0.25, 0.3) is 0 Å². The molecule has 0 aromatic carbocycles. The fourth-order valence-electron chi connectivity index (χ4n) is 1.61. The van der Waals surface area contributed by atoms with Crippen LogP contribution in [0.5, 0.6) is 0 Å².